The monoisotopic (exact) mass is 560 g/mol. The first kappa shape index (κ1) is 31.0. The zero-order valence-corrected chi connectivity index (χ0v) is 24.3. The molecular formula is C30H40O10. The van der Waals surface area contributed by atoms with Crippen LogP contribution < -0.4 is 18.9 Å². The zero-order chi connectivity index (χ0) is 29.7. The van der Waals surface area contributed by atoms with Crippen molar-refractivity contribution in [1.29, 1.82) is 0 Å². The number of rotatable bonds is 8. The number of carbonyl (C=O) groups excluding carboxylic acids is 2. The fraction of sp³-hybridized carbons (Fsp3) is 0.533. The Bertz CT molecular complexity index is 1120. The van der Waals surface area contributed by atoms with Gasteiger partial charge in [-0.25, -0.2) is 0 Å². The largest absolute Gasteiger partial charge is 0.497 e. The molecule has 4 rings (SSSR count). The van der Waals surface area contributed by atoms with E-state index >= 15 is 0 Å². The van der Waals surface area contributed by atoms with Crippen LogP contribution in [0.15, 0.2) is 24.3 Å². The number of ether oxygens (including phenoxy) is 6. The Morgan fingerprint density at radius 3 is 1.27 bits per heavy atom. The van der Waals surface area contributed by atoms with Gasteiger partial charge in [0.25, 0.3) is 0 Å². The number of benzene rings is 2. The lowest BCUT2D eigenvalue weighted by Crippen LogP contribution is -2.23. The number of aliphatic hydroxyl groups excluding tert-OH is 2. The van der Waals surface area contributed by atoms with Crippen molar-refractivity contribution in [3.05, 3.63) is 46.5 Å². The molecule has 2 aliphatic rings. The third-order valence-corrected chi connectivity index (χ3v) is 7.58. The molecule has 220 valence electrons. The van der Waals surface area contributed by atoms with Crippen LogP contribution in [0.1, 0.15) is 48.3 Å². The van der Waals surface area contributed by atoms with Crippen molar-refractivity contribution in [2.75, 3.05) is 41.7 Å². The average molecular weight is 561 g/mol. The quantitative estimate of drug-likeness (QED) is 0.461. The maximum absolute atomic E-state index is 11.8. The minimum Gasteiger partial charge on any atom is -0.497 e. The van der Waals surface area contributed by atoms with Crippen LogP contribution in [0, 0.1) is 37.5 Å². The molecule has 0 amide bonds. The van der Waals surface area contributed by atoms with E-state index < -0.39 is 24.0 Å². The van der Waals surface area contributed by atoms with Crippen LogP contribution in [0.3, 0.4) is 0 Å². The first-order chi connectivity index (χ1) is 19.0. The van der Waals surface area contributed by atoms with E-state index in [9.17, 15) is 19.8 Å². The molecule has 0 bridgehead atoms. The molecule has 2 aromatic carbocycles. The molecule has 40 heavy (non-hydrogen) atoms. The van der Waals surface area contributed by atoms with Gasteiger partial charge in [-0.05, 0) is 37.1 Å². The molecule has 6 atom stereocenters. The van der Waals surface area contributed by atoms with E-state index in [1.807, 2.05) is 39.8 Å². The van der Waals surface area contributed by atoms with E-state index in [0.29, 0.717) is 47.3 Å². The Morgan fingerprint density at radius 1 is 0.675 bits per heavy atom. The van der Waals surface area contributed by atoms with Crippen LogP contribution in [-0.4, -0.2) is 63.8 Å². The van der Waals surface area contributed by atoms with Gasteiger partial charge in [-0.2, -0.15) is 0 Å². The highest BCUT2D eigenvalue weighted by atomic mass is 16.5. The number of hydrogen-bond acceptors (Lipinski definition) is 10. The molecule has 2 N–H and O–H groups in total. The summed E-state index contributed by atoms with van der Waals surface area (Å²) >= 11 is 0. The van der Waals surface area contributed by atoms with Gasteiger partial charge in [0.15, 0.2) is 0 Å². The Balaban J connectivity index is 0.000000220. The smallest absolute Gasteiger partial charge is 0.312 e. The summed E-state index contributed by atoms with van der Waals surface area (Å²) in [5.74, 6) is 0.446. The van der Waals surface area contributed by atoms with Gasteiger partial charge in [0.05, 0.1) is 65.7 Å². The lowest BCUT2D eigenvalue weighted by atomic mass is 9.85. The minimum atomic E-state index is -0.944. The van der Waals surface area contributed by atoms with Crippen molar-refractivity contribution in [1.82, 2.24) is 0 Å². The number of cyclic esters (lactones) is 2. The Morgan fingerprint density at radius 2 is 1.02 bits per heavy atom. The highest BCUT2D eigenvalue weighted by Crippen LogP contribution is 2.42. The molecule has 2 aliphatic heterocycles. The summed E-state index contributed by atoms with van der Waals surface area (Å²) in [7, 11) is 6.20. The van der Waals surface area contributed by atoms with E-state index in [0.717, 1.165) is 11.1 Å². The van der Waals surface area contributed by atoms with Crippen LogP contribution in [0.4, 0.5) is 0 Å². The summed E-state index contributed by atoms with van der Waals surface area (Å²) in [6.07, 6.45) is -1.89. The van der Waals surface area contributed by atoms with Gasteiger partial charge >= 0.3 is 11.9 Å². The van der Waals surface area contributed by atoms with Gasteiger partial charge < -0.3 is 38.6 Å². The summed E-state index contributed by atoms with van der Waals surface area (Å²) in [5.41, 5.74) is 2.87. The standard InChI is InChI=1S/2C15H20O5/c2*1-8-5-10(18-3)6-11(19-4)12(8)14(16)13-9(2)7-20-15(13)17/h2*5-6,9,13-14,16H,7H2,1-4H3/t2*9-,13-,14-/m10/s1. The summed E-state index contributed by atoms with van der Waals surface area (Å²) in [6.45, 7) is 8.19. The molecule has 0 aliphatic carbocycles. The lowest BCUT2D eigenvalue weighted by Gasteiger charge is -2.23. The Kier molecular flexibility index (Phi) is 10.3. The summed E-state index contributed by atoms with van der Waals surface area (Å²) in [5, 5.41) is 21.2. The predicted molar refractivity (Wildman–Crippen MR) is 146 cm³/mol. The molecule has 10 heteroatoms. The lowest BCUT2D eigenvalue weighted by molar-refractivity contribution is -0.145. The number of esters is 2. The van der Waals surface area contributed by atoms with E-state index in [1.54, 1.807) is 26.4 Å². The van der Waals surface area contributed by atoms with Gasteiger partial charge in [-0.1, -0.05) is 13.8 Å². The van der Waals surface area contributed by atoms with E-state index in [1.165, 1.54) is 14.2 Å². The SMILES string of the molecule is COc1cc(C)c([C@@H](O)[C@@H]2C(=O)OC[C@H]2C)c(OC)c1.COc1cc(C)c([C@H](O)[C@H]2C(=O)OC[C@@H]2C)c(OC)c1. The highest BCUT2D eigenvalue weighted by molar-refractivity contribution is 5.76. The fourth-order valence-electron chi connectivity index (χ4n) is 5.33. The summed E-state index contributed by atoms with van der Waals surface area (Å²) < 4.78 is 31.1. The third-order valence-electron chi connectivity index (χ3n) is 7.58. The second-order valence-electron chi connectivity index (χ2n) is 10.3. The fourth-order valence-corrected chi connectivity index (χ4v) is 5.33. The Hall–Kier alpha value is -3.50. The van der Waals surface area contributed by atoms with Crippen molar-refractivity contribution in [3.8, 4) is 23.0 Å². The molecule has 2 aromatic rings. The number of carbonyl (C=O) groups is 2. The summed E-state index contributed by atoms with van der Waals surface area (Å²) in [4.78, 5) is 23.6. The van der Waals surface area contributed by atoms with E-state index in [2.05, 4.69) is 0 Å². The molecule has 10 nitrogen and oxygen atoms in total. The van der Waals surface area contributed by atoms with Gasteiger partial charge in [0.2, 0.25) is 0 Å². The van der Waals surface area contributed by atoms with Crippen molar-refractivity contribution in [3.63, 3.8) is 0 Å². The van der Waals surface area contributed by atoms with E-state index in [-0.39, 0.29) is 23.8 Å². The molecule has 0 unspecified atom stereocenters. The van der Waals surface area contributed by atoms with Crippen molar-refractivity contribution in [2.45, 2.75) is 39.9 Å². The molecule has 2 heterocycles. The Labute approximate surface area is 235 Å². The van der Waals surface area contributed by atoms with Crippen LogP contribution in [0.2, 0.25) is 0 Å². The number of methoxy groups -OCH3 is 4. The van der Waals surface area contributed by atoms with E-state index in [4.69, 9.17) is 28.4 Å². The topological polar surface area (TPSA) is 130 Å². The van der Waals surface area contributed by atoms with Crippen LogP contribution in [-0.2, 0) is 19.1 Å². The maximum Gasteiger partial charge on any atom is 0.312 e. The van der Waals surface area contributed by atoms with Crippen molar-refractivity contribution >= 4 is 11.9 Å². The van der Waals surface area contributed by atoms with Crippen molar-refractivity contribution < 1.29 is 48.2 Å². The molecular weight excluding hydrogens is 520 g/mol. The normalized spacial score (nSPS) is 23.4. The first-order valence-electron chi connectivity index (χ1n) is 13.1. The number of hydrogen-bond donors (Lipinski definition) is 2. The zero-order valence-electron chi connectivity index (χ0n) is 24.3. The van der Waals surface area contributed by atoms with Gasteiger partial charge in [0.1, 0.15) is 23.0 Å². The van der Waals surface area contributed by atoms with Gasteiger partial charge in [0, 0.05) is 35.1 Å². The minimum absolute atomic E-state index is 0.0243. The molecule has 0 saturated carbocycles. The molecule has 2 fully saturated rings. The summed E-state index contributed by atoms with van der Waals surface area (Å²) in [6, 6.07) is 7.03. The first-order valence-corrected chi connectivity index (χ1v) is 13.1. The third kappa shape index (κ3) is 6.28. The molecule has 0 aromatic heterocycles. The van der Waals surface area contributed by atoms with Crippen LogP contribution in [0.25, 0.3) is 0 Å². The second-order valence-corrected chi connectivity index (χ2v) is 10.3. The van der Waals surface area contributed by atoms with Crippen LogP contribution in [0.5, 0.6) is 23.0 Å². The number of aryl methyl sites for hydroxylation is 2. The number of aliphatic hydroxyl groups is 2. The maximum atomic E-state index is 11.8. The van der Waals surface area contributed by atoms with Gasteiger partial charge in [-0.3, -0.25) is 9.59 Å². The van der Waals surface area contributed by atoms with Crippen LogP contribution >= 0.6 is 0 Å². The highest BCUT2D eigenvalue weighted by Gasteiger charge is 2.42. The molecule has 0 radical (unpaired) electrons. The molecule has 2 saturated heterocycles. The second kappa shape index (κ2) is 13.2. The molecule has 0 spiro atoms. The average Bonchev–Trinajstić information content (AvgIpc) is 3.45. The predicted octanol–water partition coefficient (Wildman–Crippen LogP) is 3.71. The van der Waals surface area contributed by atoms with Crippen molar-refractivity contribution in [2.24, 2.45) is 23.7 Å². The van der Waals surface area contributed by atoms with Gasteiger partial charge in [-0.15, -0.1) is 0 Å².